The Balaban J connectivity index is 1.10. The number of carbonyl (C=O) groups excluding carboxylic acids is 2. The van der Waals surface area contributed by atoms with Crippen LogP contribution in [0.25, 0.3) is 39.1 Å². The molecule has 10 nitrogen and oxygen atoms in total. The lowest BCUT2D eigenvalue weighted by Crippen LogP contribution is -2.90. The predicted molar refractivity (Wildman–Crippen MR) is 197 cm³/mol. The predicted octanol–water partition coefficient (Wildman–Crippen LogP) is 5.71. The lowest BCUT2D eigenvalue weighted by molar-refractivity contribution is -0.654. The number of nitrogens with one attached hydrogen (secondary N) is 2. The van der Waals surface area contributed by atoms with Gasteiger partial charge in [0.2, 0.25) is 5.91 Å². The standard InChI is InChI=1S/C40H44FN7O3/c1-27(2)15-18-40(26-51-3,39(50)45-33-13-14-35-34(23-33)37(47-46-35)30-9-11-32(41)12-10-30)25-42-24-36(49)48-21-16-29(17-22-48)28-5-7-31(8-6-28)38-43-19-4-20-44-38/h4-14,16,19-20,23,27,42H,15,17-18,21-22,24-26H2,1-3H3,(H,45,50)(H,46,47)/p+1/t40-/m1/s1. The summed E-state index contributed by atoms with van der Waals surface area (Å²) in [6.07, 6.45) is 7.79. The van der Waals surface area contributed by atoms with Crippen molar-refractivity contribution in [2.45, 2.75) is 33.1 Å². The molecule has 0 radical (unpaired) electrons. The minimum atomic E-state index is -0.865. The molecule has 0 aliphatic carbocycles. The summed E-state index contributed by atoms with van der Waals surface area (Å²) < 4.78 is 19.2. The van der Waals surface area contributed by atoms with Crippen molar-refractivity contribution in [2.24, 2.45) is 11.3 Å². The van der Waals surface area contributed by atoms with Crippen LogP contribution in [0.4, 0.5) is 10.1 Å². The van der Waals surface area contributed by atoms with Gasteiger partial charge in [-0.05, 0) is 84.8 Å². The molecule has 51 heavy (non-hydrogen) atoms. The second-order valence-electron chi connectivity index (χ2n) is 13.6. The van der Waals surface area contributed by atoms with Crippen LogP contribution in [0.1, 0.15) is 38.7 Å². The fraction of sp³-hybridized carbons (Fsp3) is 0.325. The van der Waals surface area contributed by atoms with Crippen molar-refractivity contribution in [3.05, 3.63) is 103 Å². The summed E-state index contributed by atoms with van der Waals surface area (Å²) in [6.45, 7) is 6.29. The first-order valence-corrected chi connectivity index (χ1v) is 17.5. The Morgan fingerprint density at radius 3 is 2.43 bits per heavy atom. The fourth-order valence-electron chi connectivity index (χ4n) is 6.57. The van der Waals surface area contributed by atoms with Crippen LogP contribution < -0.4 is 10.6 Å². The summed E-state index contributed by atoms with van der Waals surface area (Å²) in [5.41, 5.74) is 5.31. The van der Waals surface area contributed by atoms with Gasteiger partial charge >= 0.3 is 0 Å². The number of halogens is 1. The van der Waals surface area contributed by atoms with Crippen LogP contribution in [-0.4, -0.2) is 76.8 Å². The largest absolute Gasteiger partial charge is 0.383 e. The number of hydrogen-bond acceptors (Lipinski definition) is 6. The molecule has 264 valence electrons. The fourth-order valence-corrected chi connectivity index (χ4v) is 6.57. The second kappa shape index (κ2) is 16.2. The average molecular weight is 691 g/mol. The van der Waals surface area contributed by atoms with Crippen molar-refractivity contribution in [2.75, 3.05) is 45.2 Å². The van der Waals surface area contributed by atoms with E-state index < -0.39 is 5.41 Å². The highest BCUT2D eigenvalue weighted by molar-refractivity contribution is 6.00. The Hall–Kier alpha value is -5.26. The van der Waals surface area contributed by atoms with Crippen LogP contribution >= 0.6 is 0 Å². The van der Waals surface area contributed by atoms with E-state index in [1.165, 1.54) is 17.7 Å². The molecule has 11 heteroatoms. The molecule has 3 aromatic carbocycles. The number of carbonyl (C=O) groups is 2. The number of hydrogen-bond donors (Lipinski definition) is 3. The number of benzene rings is 3. The maximum atomic E-state index is 14.2. The van der Waals surface area contributed by atoms with E-state index in [-0.39, 0.29) is 30.8 Å². The maximum absolute atomic E-state index is 14.2. The first-order chi connectivity index (χ1) is 24.7. The third-order valence-corrected chi connectivity index (χ3v) is 9.54. The quantitative estimate of drug-likeness (QED) is 0.137. The van der Waals surface area contributed by atoms with Crippen LogP contribution in [-0.2, 0) is 14.3 Å². The van der Waals surface area contributed by atoms with Gasteiger partial charge in [-0.1, -0.05) is 44.2 Å². The van der Waals surface area contributed by atoms with Crippen LogP contribution in [0.15, 0.2) is 91.3 Å². The molecule has 1 atom stereocenters. The molecule has 6 rings (SSSR count). The molecule has 0 bridgehead atoms. The molecule has 0 unspecified atom stereocenters. The van der Waals surface area contributed by atoms with Crippen molar-refractivity contribution in [1.82, 2.24) is 25.1 Å². The molecule has 1 aliphatic rings. The number of nitrogens with zero attached hydrogens (tertiary/aromatic N) is 4. The molecule has 0 saturated carbocycles. The summed E-state index contributed by atoms with van der Waals surface area (Å²) in [6, 6.07) is 21.8. The summed E-state index contributed by atoms with van der Waals surface area (Å²) in [5.74, 6) is 0.638. The van der Waals surface area contributed by atoms with Crippen LogP contribution in [0, 0.1) is 17.2 Å². The Kier molecular flexibility index (Phi) is 11.3. The van der Waals surface area contributed by atoms with Gasteiger partial charge in [0.05, 0.1) is 24.4 Å². The third kappa shape index (κ3) is 8.56. The minimum absolute atomic E-state index is 0.0381. The van der Waals surface area contributed by atoms with E-state index in [1.807, 2.05) is 40.5 Å². The van der Waals surface area contributed by atoms with Gasteiger partial charge in [-0.3, -0.25) is 14.7 Å². The van der Waals surface area contributed by atoms with Crippen LogP contribution in [0.3, 0.4) is 0 Å². The lowest BCUT2D eigenvalue weighted by Gasteiger charge is -2.31. The number of fused-ring (bicyclic) bond motifs is 1. The zero-order chi connectivity index (χ0) is 35.8. The zero-order valence-electron chi connectivity index (χ0n) is 29.4. The zero-order valence-corrected chi connectivity index (χ0v) is 29.4. The summed E-state index contributed by atoms with van der Waals surface area (Å²) >= 11 is 0. The van der Waals surface area contributed by atoms with Gasteiger partial charge in [-0.15, -0.1) is 0 Å². The van der Waals surface area contributed by atoms with Crippen LogP contribution in [0.2, 0.25) is 0 Å². The minimum Gasteiger partial charge on any atom is -0.383 e. The highest BCUT2D eigenvalue weighted by Crippen LogP contribution is 2.31. The maximum Gasteiger partial charge on any atom is 0.277 e. The highest BCUT2D eigenvalue weighted by Gasteiger charge is 2.41. The van der Waals surface area contributed by atoms with E-state index >= 15 is 0 Å². The van der Waals surface area contributed by atoms with E-state index in [0.717, 1.165) is 40.4 Å². The topological polar surface area (TPSA) is 130 Å². The van der Waals surface area contributed by atoms with E-state index in [4.69, 9.17) is 4.74 Å². The number of methoxy groups -OCH3 is 1. The molecular formula is C40H45FN7O3+. The Morgan fingerprint density at radius 2 is 1.75 bits per heavy atom. The summed E-state index contributed by atoms with van der Waals surface area (Å²) in [5, 5.41) is 13.4. The molecule has 2 amide bonds. The molecule has 0 fully saturated rings. The van der Waals surface area contributed by atoms with Gasteiger partial charge in [0.25, 0.3) is 5.91 Å². The summed E-state index contributed by atoms with van der Waals surface area (Å²) in [4.78, 5) is 38.1. The Morgan fingerprint density at radius 1 is 1.02 bits per heavy atom. The smallest absolute Gasteiger partial charge is 0.277 e. The van der Waals surface area contributed by atoms with E-state index in [1.54, 1.807) is 37.7 Å². The molecular weight excluding hydrogens is 645 g/mol. The number of quaternary nitrogens is 1. The van der Waals surface area contributed by atoms with Crippen molar-refractivity contribution in [1.29, 1.82) is 0 Å². The monoisotopic (exact) mass is 690 g/mol. The number of rotatable bonds is 14. The molecule has 4 N–H and O–H groups in total. The van der Waals surface area contributed by atoms with Gasteiger partial charge in [0.15, 0.2) is 12.4 Å². The number of ether oxygens (including phenoxy) is 1. The third-order valence-electron chi connectivity index (χ3n) is 9.54. The van der Waals surface area contributed by atoms with Gasteiger partial charge < -0.3 is 20.3 Å². The molecule has 2 aromatic heterocycles. The molecule has 5 aromatic rings. The number of nitrogens with two attached hydrogens (primary N) is 1. The average Bonchev–Trinajstić information content (AvgIpc) is 3.58. The SMILES string of the molecule is COC[C@@](CCC(C)C)(C[NH2+]CC(=O)N1CC=C(c2ccc(-c3ncccn3)cc2)CC1)C(=O)Nc1ccc2[nH]nc(-c3ccc(F)cc3)c2c1. The number of amides is 2. The van der Waals surface area contributed by atoms with Crippen molar-refractivity contribution >= 4 is 34.0 Å². The Labute approximate surface area is 297 Å². The number of anilines is 1. The Bertz CT molecular complexity index is 1980. The first-order valence-electron chi connectivity index (χ1n) is 17.5. The number of aromatic amines is 1. The first kappa shape index (κ1) is 35.6. The van der Waals surface area contributed by atoms with Crippen molar-refractivity contribution in [3.8, 4) is 22.6 Å². The molecule has 3 heterocycles. The van der Waals surface area contributed by atoms with Crippen molar-refractivity contribution in [3.63, 3.8) is 0 Å². The van der Waals surface area contributed by atoms with Crippen LogP contribution in [0.5, 0.6) is 0 Å². The molecule has 1 aliphatic heterocycles. The molecule has 0 saturated heterocycles. The van der Waals surface area contributed by atoms with Crippen molar-refractivity contribution < 1.29 is 24.0 Å². The van der Waals surface area contributed by atoms with Gasteiger partial charge in [0, 0.05) is 54.8 Å². The van der Waals surface area contributed by atoms with Gasteiger partial charge in [0.1, 0.15) is 11.2 Å². The highest BCUT2D eigenvalue weighted by atomic mass is 19.1. The van der Waals surface area contributed by atoms with E-state index in [2.05, 4.69) is 57.5 Å². The van der Waals surface area contributed by atoms with Gasteiger partial charge in [-0.25, -0.2) is 14.4 Å². The number of aromatic nitrogens is 4. The van der Waals surface area contributed by atoms with E-state index in [0.29, 0.717) is 49.2 Å². The van der Waals surface area contributed by atoms with E-state index in [9.17, 15) is 14.0 Å². The van der Waals surface area contributed by atoms with Gasteiger partial charge in [-0.2, -0.15) is 5.10 Å². The second-order valence-corrected chi connectivity index (χ2v) is 13.6. The summed E-state index contributed by atoms with van der Waals surface area (Å²) in [7, 11) is 1.61. The normalized spacial score (nSPS) is 14.4. The molecule has 0 spiro atoms. The number of H-pyrrole nitrogens is 1. The lowest BCUT2D eigenvalue weighted by atomic mass is 9.80.